The highest BCUT2D eigenvalue weighted by molar-refractivity contribution is 6.33. The number of hydrogen-bond donors (Lipinski definition) is 3. The van der Waals surface area contributed by atoms with Crippen molar-refractivity contribution in [1.82, 2.24) is 10.2 Å². The van der Waals surface area contributed by atoms with Gasteiger partial charge in [0.25, 0.3) is 0 Å². The molecule has 0 aromatic carbocycles. The topological polar surface area (TPSA) is 94.4 Å². The lowest BCUT2D eigenvalue weighted by Crippen LogP contribution is -2.13. The molecule has 7 nitrogen and oxygen atoms in total. The molecule has 0 saturated carbocycles. The number of aliphatic hydroxyl groups is 1. The number of H-pyrrole nitrogens is 1. The molecule has 0 aliphatic heterocycles. The van der Waals surface area contributed by atoms with Crippen LogP contribution in [0.2, 0.25) is 5.02 Å². The van der Waals surface area contributed by atoms with Gasteiger partial charge in [-0.2, -0.15) is 5.10 Å². The minimum atomic E-state index is -0.0513. The molecule has 8 heteroatoms. The van der Waals surface area contributed by atoms with Crippen LogP contribution >= 0.6 is 11.6 Å². The van der Waals surface area contributed by atoms with Crippen LogP contribution in [0.5, 0.6) is 0 Å². The zero-order valence-corrected chi connectivity index (χ0v) is 10.0. The summed E-state index contributed by atoms with van der Waals surface area (Å²) in [7, 11) is 0. The normalized spacial score (nSPS) is 10.3. The summed E-state index contributed by atoms with van der Waals surface area (Å²) >= 11 is 5.94. The van der Waals surface area contributed by atoms with Gasteiger partial charge in [0.2, 0.25) is 18.2 Å². The highest BCUT2D eigenvalue weighted by Gasteiger charge is 2.17. The highest BCUT2D eigenvalue weighted by Crippen LogP contribution is 2.33. The third kappa shape index (κ3) is 2.47. The molecule has 2 aromatic heterocycles. The first-order chi connectivity index (χ1) is 8.76. The van der Waals surface area contributed by atoms with Crippen molar-refractivity contribution in [3.8, 4) is 0 Å². The van der Waals surface area contributed by atoms with Gasteiger partial charge < -0.3 is 14.8 Å². The lowest BCUT2D eigenvalue weighted by atomic mass is 10.5. The van der Waals surface area contributed by atoms with Crippen molar-refractivity contribution < 1.29 is 14.3 Å². The average Bonchev–Trinajstić information content (AvgIpc) is 2.99. The molecule has 0 atom stereocenters. The minimum absolute atomic E-state index is 0.0513. The SMILES string of the molecule is O=CN(c1ccn[nH]1)c1cc(Cl)c(NCCO)o1. The van der Waals surface area contributed by atoms with Crippen molar-refractivity contribution in [3.05, 3.63) is 23.4 Å². The number of rotatable bonds is 6. The molecule has 0 aliphatic rings. The van der Waals surface area contributed by atoms with Gasteiger partial charge in [-0.15, -0.1) is 0 Å². The molecule has 1 amide bonds. The predicted molar refractivity (Wildman–Crippen MR) is 66.1 cm³/mol. The summed E-state index contributed by atoms with van der Waals surface area (Å²) < 4.78 is 5.39. The zero-order chi connectivity index (χ0) is 13.0. The van der Waals surface area contributed by atoms with Gasteiger partial charge in [-0.1, -0.05) is 11.6 Å². The summed E-state index contributed by atoms with van der Waals surface area (Å²) in [6, 6.07) is 3.11. The number of nitrogens with zero attached hydrogens (tertiary/aromatic N) is 2. The maximum atomic E-state index is 11.1. The van der Waals surface area contributed by atoms with Gasteiger partial charge in [0.15, 0.2) is 0 Å². The van der Waals surface area contributed by atoms with Crippen LogP contribution in [0, 0.1) is 0 Å². The Balaban J connectivity index is 2.24. The summed E-state index contributed by atoms with van der Waals surface area (Å²) in [6.07, 6.45) is 2.10. The number of hydrogen-bond acceptors (Lipinski definition) is 5. The number of anilines is 3. The number of furan rings is 1. The highest BCUT2D eigenvalue weighted by atomic mass is 35.5. The fraction of sp³-hybridized carbons (Fsp3) is 0.200. The van der Waals surface area contributed by atoms with E-state index in [0.717, 1.165) is 0 Å². The van der Waals surface area contributed by atoms with E-state index in [2.05, 4.69) is 15.5 Å². The predicted octanol–water partition coefficient (Wildman–Crippen LogP) is 1.35. The second-order valence-corrected chi connectivity index (χ2v) is 3.74. The molecule has 0 fully saturated rings. The first kappa shape index (κ1) is 12.5. The Morgan fingerprint density at radius 3 is 3.11 bits per heavy atom. The fourth-order valence-electron chi connectivity index (χ4n) is 1.38. The lowest BCUT2D eigenvalue weighted by Gasteiger charge is -2.10. The van der Waals surface area contributed by atoms with E-state index in [-0.39, 0.29) is 12.5 Å². The van der Waals surface area contributed by atoms with E-state index in [0.29, 0.717) is 29.7 Å². The molecule has 18 heavy (non-hydrogen) atoms. The molecule has 0 spiro atoms. The minimum Gasteiger partial charge on any atom is -0.423 e. The van der Waals surface area contributed by atoms with E-state index in [4.69, 9.17) is 21.1 Å². The van der Waals surface area contributed by atoms with Gasteiger partial charge in [-0.05, 0) is 0 Å². The second-order valence-electron chi connectivity index (χ2n) is 3.33. The number of carbonyl (C=O) groups is 1. The van der Waals surface area contributed by atoms with E-state index in [1.54, 1.807) is 6.07 Å². The summed E-state index contributed by atoms with van der Waals surface area (Å²) in [5.41, 5.74) is 0. The van der Waals surface area contributed by atoms with E-state index >= 15 is 0 Å². The molecular weight excluding hydrogens is 260 g/mol. The van der Waals surface area contributed by atoms with E-state index in [9.17, 15) is 4.79 Å². The third-order valence-corrected chi connectivity index (χ3v) is 2.44. The van der Waals surface area contributed by atoms with Crippen LogP contribution in [0.1, 0.15) is 0 Å². The molecule has 96 valence electrons. The number of aliphatic hydroxyl groups excluding tert-OH is 1. The quantitative estimate of drug-likeness (QED) is 0.689. The molecule has 3 N–H and O–H groups in total. The lowest BCUT2D eigenvalue weighted by molar-refractivity contribution is -0.107. The van der Waals surface area contributed by atoms with Crippen LogP contribution in [0.25, 0.3) is 0 Å². The zero-order valence-electron chi connectivity index (χ0n) is 9.26. The summed E-state index contributed by atoms with van der Waals surface area (Å²) in [5.74, 6) is 1.01. The van der Waals surface area contributed by atoms with E-state index < -0.39 is 0 Å². The number of aromatic amines is 1. The number of aromatic nitrogens is 2. The Bertz CT molecular complexity index is 511. The van der Waals surface area contributed by atoms with Gasteiger partial charge in [0, 0.05) is 18.7 Å². The second kappa shape index (κ2) is 5.56. The van der Waals surface area contributed by atoms with E-state index in [1.807, 2.05) is 0 Å². The van der Waals surface area contributed by atoms with E-state index in [1.165, 1.54) is 17.2 Å². The summed E-state index contributed by atoms with van der Waals surface area (Å²) in [4.78, 5) is 12.3. The first-order valence-electron chi connectivity index (χ1n) is 5.14. The molecule has 0 radical (unpaired) electrons. The number of carbonyl (C=O) groups excluding carboxylic acids is 1. The van der Waals surface area contributed by atoms with Crippen molar-refractivity contribution in [2.75, 3.05) is 23.4 Å². The van der Waals surface area contributed by atoms with Crippen LogP contribution in [-0.2, 0) is 4.79 Å². The average molecular weight is 271 g/mol. The van der Waals surface area contributed by atoms with Gasteiger partial charge in [0.1, 0.15) is 10.8 Å². The van der Waals surface area contributed by atoms with Crippen LogP contribution in [0.4, 0.5) is 17.6 Å². The molecular formula is C10H11ClN4O3. The smallest absolute Gasteiger partial charge is 0.222 e. The third-order valence-electron chi connectivity index (χ3n) is 2.16. The van der Waals surface area contributed by atoms with Crippen LogP contribution < -0.4 is 10.2 Å². The number of nitrogens with one attached hydrogen (secondary N) is 2. The molecule has 0 bridgehead atoms. The molecule has 0 aliphatic carbocycles. The van der Waals surface area contributed by atoms with Crippen molar-refractivity contribution in [1.29, 1.82) is 0 Å². The Kier molecular flexibility index (Phi) is 3.85. The maximum absolute atomic E-state index is 11.1. The van der Waals surface area contributed by atoms with Gasteiger partial charge >= 0.3 is 0 Å². The number of amides is 1. The van der Waals surface area contributed by atoms with Crippen LogP contribution in [0.15, 0.2) is 22.7 Å². The summed E-state index contributed by atoms with van der Waals surface area (Å²) in [5, 5.41) is 18.2. The molecule has 0 saturated heterocycles. The fourth-order valence-corrected chi connectivity index (χ4v) is 1.57. The van der Waals surface area contributed by atoms with Gasteiger partial charge in [0.05, 0.1) is 12.8 Å². The molecule has 2 aromatic rings. The monoisotopic (exact) mass is 270 g/mol. The van der Waals surface area contributed by atoms with Crippen molar-refractivity contribution in [2.45, 2.75) is 0 Å². The van der Waals surface area contributed by atoms with Gasteiger partial charge in [-0.25, -0.2) is 4.90 Å². The Morgan fingerprint density at radius 2 is 2.50 bits per heavy atom. The first-order valence-corrected chi connectivity index (χ1v) is 5.52. The van der Waals surface area contributed by atoms with Crippen molar-refractivity contribution in [2.24, 2.45) is 0 Å². The maximum Gasteiger partial charge on any atom is 0.222 e. The molecule has 2 heterocycles. The van der Waals surface area contributed by atoms with Crippen molar-refractivity contribution in [3.63, 3.8) is 0 Å². The van der Waals surface area contributed by atoms with Gasteiger partial charge in [-0.3, -0.25) is 9.89 Å². The standard InChI is InChI=1S/C10H11ClN4O3/c11-7-5-9(18-10(7)12-3-4-16)15(6-17)8-1-2-13-14-8/h1-2,5-6,12,16H,3-4H2,(H,13,14). The Labute approximate surface area is 107 Å². The van der Waals surface area contributed by atoms with Crippen LogP contribution in [-0.4, -0.2) is 34.9 Å². The Hall–Kier alpha value is -1.99. The Morgan fingerprint density at radius 1 is 1.67 bits per heavy atom. The number of halogens is 1. The van der Waals surface area contributed by atoms with Crippen molar-refractivity contribution >= 4 is 35.6 Å². The molecule has 2 rings (SSSR count). The molecule has 0 unspecified atom stereocenters. The van der Waals surface area contributed by atoms with Crippen LogP contribution in [0.3, 0.4) is 0 Å². The summed E-state index contributed by atoms with van der Waals surface area (Å²) in [6.45, 7) is 0.252. The largest absolute Gasteiger partial charge is 0.423 e.